The van der Waals surface area contributed by atoms with Gasteiger partial charge in [-0.25, -0.2) is 0 Å². The summed E-state index contributed by atoms with van der Waals surface area (Å²) in [6, 6.07) is 13.5. The lowest BCUT2D eigenvalue weighted by Gasteiger charge is -2.20. The third-order valence-corrected chi connectivity index (χ3v) is 7.41. The smallest absolute Gasteiger partial charge is 0.261 e. The van der Waals surface area contributed by atoms with Gasteiger partial charge >= 0.3 is 0 Å². The van der Waals surface area contributed by atoms with Gasteiger partial charge in [0.15, 0.2) is 0 Å². The molecule has 2 amide bonds. The van der Waals surface area contributed by atoms with Crippen molar-refractivity contribution in [3.8, 4) is 5.75 Å². The predicted molar refractivity (Wildman–Crippen MR) is 129 cm³/mol. The maximum Gasteiger partial charge on any atom is 0.261 e. The Hall–Kier alpha value is -2.31. The minimum absolute atomic E-state index is 0.139. The number of nitrogens with zero attached hydrogens (tertiary/aromatic N) is 2. The number of carbonyl (C=O) groups is 2. The second-order valence-electron chi connectivity index (χ2n) is 8.53. The summed E-state index contributed by atoms with van der Waals surface area (Å²) in [6.45, 7) is 3.79. The zero-order valence-electron chi connectivity index (χ0n) is 18.8. The highest BCUT2D eigenvalue weighted by Gasteiger charge is 2.34. The van der Waals surface area contributed by atoms with E-state index in [1.165, 1.54) is 34.6 Å². The fourth-order valence-corrected chi connectivity index (χ4v) is 5.54. The van der Waals surface area contributed by atoms with E-state index in [9.17, 15) is 9.59 Å². The van der Waals surface area contributed by atoms with Crippen LogP contribution in [0.4, 0.5) is 0 Å². The lowest BCUT2D eigenvalue weighted by Crippen LogP contribution is -2.30. The number of fused-ring (bicyclic) bond motifs is 2. The molecule has 5 nitrogen and oxygen atoms in total. The van der Waals surface area contributed by atoms with Crippen molar-refractivity contribution < 1.29 is 14.3 Å². The molecule has 0 bridgehead atoms. The summed E-state index contributed by atoms with van der Waals surface area (Å²) in [6.07, 6.45) is 6.73. The van der Waals surface area contributed by atoms with Gasteiger partial charge in [-0.15, -0.1) is 11.8 Å². The van der Waals surface area contributed by atoms with Gasteiger partial charge < -0.3 is 4.74 Å². The molecule has 2 aromatic carbocycles. The third-order valence-electron chi connectivity index (χ3n) is 6.31. The molecule has 32 heavy (non-hydrogen) atoms. The number of unbranched alkanes of at least 4 members (excludes halogenated alkanes) is 5. The summed E-state index contributed by atoms with van der Waals surface area (Å²) in [4.78, 5) is 30.1. The second kappa shape index (κ2) is 11.0. The van der Waals surface area contributed by atoms with Crippen molar-refractivity contribution in [1.29, 1.82) is 0 Å². The van der Waals surface area contributed by atoms with Crippen LogP contribution in [0.5, 0.6) is 5.75 Å². The second-order valence-corrected chi connectivity index (χ2v) is 9.66. The molecule has 2 aromatic rings. The van der Waals surface area contributed by atoms with Gasteiger partial charge in [0.25, 0.3) is 11.8 Å². The Labute approximate surface area is 195 Å². The van der Waals surface area contributed by atoms with Gasteiger partial charge in [-0.1, -0.05) is 37.8 Å². The maximum atomic E-state index is 12.4. The van der Waals surface area contributed by atoms with E-state index in [-0.39, 0.29) is 11.8 Å². The predicted octanol–water partition coefficient (Wildman–Crippen LogP) is 5.24. The average Bonchev–Trinajstić information content (AvgIpc) is 2.95. The summed E-state index contributed by atoms with van der Waals surface area (Å²) in [5.74, 6) is 1.80. The van der Waals surface area contributed by atoms with Gasteiger partial charge in [-0.2, -0.15) is 0 Å². The van der Waals surface area contributed by atoms with Crippen LogP contribution in [0.2, 0.25) is 0 Å². The Morgan fingerprint density at radius 1 is 0.875 bits per heavy atom. The Morgan fingerprint density at radius 3 is 2.22 bits per heavy atom. The Kier molecular flexibility index (Phi) is 7.87. The lowest BCUT2D eigenvalue weighted by atomic mass is 10.1. The first kappa shape index (κ1) is 22.9. The number of amides is 2. The van der Waals surface area contributed by atoms with Gasteiger partial charge in [0.2, 0.25) is 0 Å². The van der Waals surface area contributed by atoms with Crippen LogP contribution in [0, 0.1) is 0 Å². The van der Waals surface area contributed by atoms with E-state index in [0.29, 0.717) is 17.7 Å². The van der Waals surface area contributed by atoms with Gasteiger partial charge in [0.1, 0.15) is 5.75 Å². The number of methoxy groups -OCH3 is 1. The molecule has 4 rings (SSSR count). The van der Waals surface area contributed by atoms with Crippen LogP contribution in [0.1, 0.15) is 64.8 Å². The van der Waals surface area contributed by atoms with Crippen LogP contribution in [-0.4, -0.2) is 54.1 Å². The van der Waals surface area contributed by atoms with E-state index >= 15 is 0 Å². The van der Waals surface area contributed by atoms with Crippen molar-refractivity contribution in [3.05, 3.63) is 59.2 Å². The van der Waals surface area contributed by atoms with Crippen LogP contribution in [0.15, 0.2) is 47.4 Å². The zero-order valence-corrected chi connectivity index (χ0v) is 19.7. The minimum Gasteiger partial charge on any atom is -0.497 e. The van der Waals surface area contributed by atoms with E-state index in [4.69, 9.17) is 4.74 Å². The molecule has 2 heterocycles. The van der Waals surface area contributed by atoms with Crippen LogP contribution < -0.4 is 4.74 Å². The summed E-state index contributed by atoms with van der Waals surface area (Å²) >= 11 is 1.94. The summed E-state index contributed by atoms with van der Waals surface area (Å²) in [7, 11) is 1.73. The molecular weight excluding hydrogens is 420 g/mol. The van der Waals surface area contributed by atoms with Gasteiger partial charge in [0, 0.05) is 30.3 Å². The molecule has 0 unspecified atom stereocenters. The molecule has 0 atom stereocenters. The molecule has 0 N–H and O–H groups in total. The van der Waals surface area contributed by atoms with Crippen molar-refractivity contribution in [2.24, 2.45) is 0 Å². The fourth-order valence-electron chi connectivity index (χ4n) is 4.50. The van der Waals surface area contributed by atoms with Crippen molar-refractivity contribution in [3.63, 3.8) is 0 Å². The number of imide groups is 1. The molecule has 0 radical (unpaired) electrons. The van der Waals surface area contributed by atoms with Gasteiger partial charge in [-0.05, 0) is 55.3 Å². The number of hydrogen-bond donors (Lipinski definition) is 0. The SMILES string of the molecule is COc1ccc2c(c1)CN(CCCCCCCCN1C(=O)c3ccccc3C1=O)CCS2. The van der Waals surface area contributed by atoms with Crippen LogP contribution in [-0.2, 0) is 6.54 Å². The number of rotatable bonds is 10. The Morgan fingerprint density at radius 2 is 1.53 bits per heavy atom. The summed E-state index contributed by atoms with van der Waals surface area (Å²) in [5, 5.41) is 0. The fraction of sp³-hybridized carbons (Fsp3) is 0.462. The van der Waals surface area contributed by atoms with Crippen molar-refractivity contribution in [2.45, 2.75) is 50.0 Å². The third kappa shape index (κ3) is 5.36. The molecule has 0 saturated heterocycles. The highest BCUT2D eigenvalue weighted by Crippen LogP contribution is 2.30. The van der Waals surface area contributed by atoms with Crippen molar-refractivity contribution in [2.75, 3.05) is 32.5 Å². The van der Waals surface area contributed by atoms with Crippen LogP contribution in [0.25, 0.3) is 0 Å². The molecule has 0 saturated carbocycles. The molecule has 0 fully saturated rings. The first-order valence-electron chi connectivity index (χ1n) is 11.6. The summed E-state index contributed by atoms with van der Waals surface area (Å²) < 4.78 is 5.39. The molecular formula is C26H32N2O3S. The molecule has 2 aliphatic heterocycles. The monoisotopic (exact) mass is 452 g/mol. The number of carbonyl (C=O) groups excluding carboxylic acids is 2. The zero-order chi connectivity index (χ0) is 22.3. The highest BCUT2D eigenvalue weighted by atomic mass is 32.2. The standard InChI is InChI=1S/C26H32N2O3S/c1-31-21-12-13-24-20(18-21)19-27(16-17-32-24)14-8-4-2-3-5-9-15-28-25(29)22-10-6-7-11-23(22)26(28)30/h6-7,10-13,18H,2-5,8-9,14-17,19H2,1H3. The molecule has 170 valence electrons. The van der Waals surface area contributed by atoms with Gasteiger partial charge in [-0.3, -0.25) is 19.4 Å². The Balaban J connectivity index is 1.11. The number of hydrogen-bond acceptors (Lipinski definition) is 5. The molecule has 2 aliphatic rings. The first-order valence-corrected chi connectivity index (χ1v) is 12.6. The summed E-state index contributed by atoms with van der Waals surface area (Å²) in [5.41, 5.74) is 2.47. The van der Waals surface area contributed by atoms with E-state index in [2.05, 4.69) is 23.1 Å². The number of ether oxygens (including phenoxy) is 1. The normalized spacial score (nSPS) is 16.1. The van der Waals surface area contributed by atoms with E-state index in [1.54, 1.807) is 19.2 Å². The number of thioether (sulfide) groups is 1. The largest absolute Gasteiger partial charge is 0.497 e. The minimum atomic E-state index is -0.139. The highest BCUT2D eigenvalue weighted by molar-refractivity contribution is 7.99. The van der Waals surface area contributed by atoms with Crippen molar-refractivity contribution >= 4 is 23.6 Å². The maximum absolute atomic E-state index is 12.4. The average molecular weight is 453 g/mol. The molecule has 0 spiro atoms. The van der Waals surface area contributed by atoms with E-state index in [0.717, 1.165) is 50.4 Å². The molecule has 6 heteroatoms. The molecule has 0 aromatic heterocycles. The molecule has 0 aliphatic carbocycles. The Bertz CT molecular complexity index is 927. The quantitative estimate of drug-likeness (QED) is 0.364. The van der Waals surface area contributed by atoms with Crippen LogP contribution in [0.3, 0.4) is 0 Å². The number of benzene rings is 2. The van der Waals surface area contributed by atoms with Crippen molar-refractivity contribution in [1.82, 2.24) is 9.80 Å². The van der Waals surface area contributed by atoms with Crippen LogP contribution >= 0.6 is 11.8 Å². The first-order chi connectivity index (χ1) is 15.7. The lowest BCUT2D eigenvalue weighted by molar-refractivity contribution is 0.0651. The van der Waals surface area contributed by atoms with E-state index < -0.39 is 0 Å². The van der Waals surface area contributed by atoms with E-state index in [1.807, 2.05) is 23.9 Å². The topological polar surface area (TPSA) is 49.9 Å². The van der Waals surface area contributed by atoms with Gasteiger partial charge in [0.05, 0.1) is 18.2 Å².